The number of rotatable bonds is 6. The number of amides is 1. The molecule has 1 amide bonds. The molecule has 6 nitrogen and oxygen atoms in total. The number of hydrogen-bond acceptors (Lipinski definition) is 5. The molecule has 0 spiro atoms. The number of carbonyl (C=O) groups excluding carboxylic acids is 1. The van der Waals surface area contributed by atoms with Crippen LogP contribution in [0.2, 0.25) is 5.15 Å². The average Bonchev–Trinajstić information content (AvgIpc) is 3.56. The van der Waals surface area contributed by atoms with Gasteiger partial charge in [-0.05, 0) is 61.1 Å². The van der Waals surface area contributed by atoms with Crippen LogP contribution in [0.5, 0.6) is 5.88 Å². The van der Waals surface area contributed by atoms with E-state index in [4.69, 9.17) is 22.1 Å². The van der Waals surface area contributed by atoms with E-state index in [-0.39, 0.29) is 28.9 Å². The molecule has 1 heterocycles. The zero-order valence-electron chi connectivity index (χ0n) is 15.9. The van der Waals surface area contributed by atoms with Gasteiger partial charge in [-0.25, -0.2) is 4.98 Å². The van der Waals surface area contributed by atoms with Crippen molar-refractivity contribution in [1.82, 2.24) is 9.97 Å². The second-order valence-electron chi connectivity index (χ2n) is 7.12. The van der Waals surface area contributed by atoms with E-state index in [9.17, 15) is 4.79 Å². The van der Waals surface area contributed by atoms with Crippen molar-refractivity contribution in [2.24, 2.45) is 0 Å². The van der Waals surface area contributed by atoms with E-state index >= 15 is 0 Å². The topological polar surface area (TPSA) is 90.1 Å². The number of ether oxygens (including phenoxy) is 1. The largest absolute Gasteiger partial charge is 0.467 e. The Kier molecular flexibility index (Phi) is 5.36. The molecule has 29 heavy (non-hydrogen) atoms. The minimum Gasteiger partial charge on any atom is -0.467 e. The van der Waals surface area contributed by atoms with Crippen LogP contribution in [0.1, 0.15) is 53.3 Å². The van der Waals surface area contributed by atoms with Gasteiger partial charge in [-0.3, -0.25) is 4.79 Å². The number of halogens is 1. The second kappa shape index (κ2) is 8.09. The lowest BCUT2D eigenvalue weighted by Crippen LogP contribution is -2.13. The number of carbonyl (C=O) groups is 1. The summed E-state index contributed by atoms with van der Waals surface area (Å²) in [5.74, 6) is 0.812. The number of hydrogen-bond donors (Lipinski definition) is 2. The Morgan fingerprint density at radius 2 is 2.03 bits per heavy atom. The monoisotopic (exact) mass is 408 g/mol. The number of benzene rings is 2. The summed E-state index contributed by atoms with van der Waals surface area (Å²) in [6.07, 6.45) is 3.40. The van der Waals surface area contributed by atoms with Gasteiger partial charge in [0.25, 0.3) is 11.8 Å². The number of nitrogens with one attached hydrogen (secondary N) is 1. The molecule has 0 bridgehead atoms. The first-order valence-corrected chi connectivity index (χ1v) is 9.83. The predicted octanol–water partition coefficient (Wildman–Crippen LogP) is 4.98. The van der Waals surface area contributed by atoms with Gasteiger partial charge in [0.1, 0.15) is 6.10 Å². The fourth-order valence-corrected chi connectivity index (χ4v) is 3.23. The zero-order chi connectivity index (χ0) is 20.4. The maximum atomic E-state index is 12.7. The standard InChI is InChI=1S/C22H21ClN4O2/c1-13(29-22-20(24)25-12-19(23)27-22)15-4-3-7-18(11-15)26-21(28)17-6-2-5-16(10-17)14-8-9-14/h2-7,10-14H,8-9H2,1H3,(H2,24,25)(H,26,28). The normalized spacial score (nSPS) is 14.3. The van der Waals surface area contributed by atoms with Crippen molar-refractivity contribution < 1.29 is 9.53 Å². The molecule has 0 aliphatic heterocycles. The van der Waals surface area contributed by atoms with Crippen LogP contribution in [0.15, 0.2) is 54.7 Å². The fourth-order valence-electron chi connectivity index (χ4n) is 3.11. The molecule has 0 saturated heterocycles. The molecule has 1 aliphatic rings. The molecular weight excluding hydrogens is 388 g/mol. The molecule has 1 unspecified atom stereocenters. The van der Waals surface area contributed by atoms with Crippen LogP contribution in [0, 0.1) is 0 Å². The summed E-state index contributed by atoms with van der Waals surface area (Å²) in [4.78, 5) is 20.7. The minimum atomic E-state index is -0.361. The summed E-state index contributed by atoms with van der Waals surface area (Å²) in [5.41, 5.74) is 9.23. The Morgan fingerprint density at radius 3 is 2.83 bits per heavy atom. The van der Waals surface area contributed by atoms with Crippen LogP contribution >= 0.6 is 11.6 Å². The van der Waals surface area contributed by atoms with E-state index < -0.39 is 0 Å². The van der Waals surface area contributed by atoms with Gasteiger partial charge < -0.3 is 15.8 Å². The van der Waals surface area contributed by atoms with Gasteiger partial charge in [0.2, 0.25) is 0 Å². The number of nitrogens with zero attached hydrogens (tertiary/aromatic N) is 2. The molecule has 3 N–H and O–H groups in total. The highest BCUT2D eigenvalue weighted by atomic mass is 35.5. The molecule has 1 saturated carbocycles. The fraction of sp³-hybridized carbons (Fsp3) is 0.227. The van der Waals surface area contributed by atoms with Crippen molar-refractivity contribution in [3.05, 3.63) is 76.6 Å². The maximum Gasteiger partial charge on any atom is 0.259 e. The van der Waals surface area contributed by atoms with Gasteiger partial charge in [0.05, 0.1) is 6.20 Å². The molecule has 2 aromatic carbocycles. The first-order chi connectivity index (χ1) is 14.0. The van der Waals surface area contributed by atoms with Crippen molar-refractivity contribution in [2.75, 3.05) is 11.1 Å². The van der Waals surface area contributed by atoms with Crippen molar-refractivity contribution in [3.63, 3.8) is 0 Å². The lowest BCUT2D eigenvalue weighted by atomic mass is 10.1. The number of nitrogens with two attached hydrogens (primary N) is 1. The molecule has 4 rings (SSSR count). The van der Waals surface area contributed by atoms with Gasteiger partial charge in [0.15, 0.2) is 11.0 Å². The SMILES string of the molecule is CC(Oc1nc(Cl)cnc1N)c1cccc(NC(=O)c2cccc(C3CC3)c2)c1. The van der Waals surface area contributed by atoms with Crippen LogP contribution in [0.4, 0.5) is 11.5 Å². The van der Waals surface area contributed by atoms with Crippen LogP contribution in [0.25, 0.3) is 0 Å². The number of nitrogen functional groups attached to an aromatic ring is 1. The van der Waals surface area contributed by atoms with Gasteiger partial charge in [-0.1, -0.05) is 35.9 Å². The lowest BCUT2D eigenvalue weighted by molar-refractivity contribution is 0.102. The first kappa shape index (κ1) is 19.2. The zero-order valence-corrected chi connectivity index (χ0v) is 16.7. The maximum absolute atomic E-state index is 12.7. The Hall–Kier alpha value is -3.12. The van der Waals surface area contributed by atoms with Crippen molar-refractivity contribution in [1.29, 1.82) is 0 Å². The van der Waals surface area contributed by atoms with Gasteiger partial charge in [-0.2, -0.15) is 4.98 Å². The van der Waals surface area contributed by atoms with Gasteiger partial charge in [0, 0.05) is 11.3 Å². The van der Waals surface area contributed by atoms with Crippen molar-refractivity contribution >= 4 is 29.0 Å². The number of anilines is 2. The van der Waals surface area contributed by atoms with Crippen LogP contribution < -0.4 is 15.8 Å². The van der Waals surface area contributed by atoms with Crippen LogP contribution in [-0.2, 0) is 0 Å². The third kappa shape index (κ3) is 4.66. The highest BCUT2D eigenvalue weighted by Gasteiger charge is 2.24. The van der Waals surface area contributed by atoms with Crippen molar-refractivity contribution in [3.8, 4) is 5.88 Å². The second-order valence-corrected chi connectivity index (χ2v) is 7.51. The Morgan fingerprint density at radius 1 is 1.24 bits per heavy atom. The quantitative estimate of drug-likeness (QED) is 0.600. The van der Waals surface area contributed by atoms with E-state index in [2.05, 4.69) is 21.4 Å². The highest BCUT2D eigenvalue weighted by Crippen LogP contribution is 2.40. The van der Waals surface area contributed by atoms with E-state index in [1.807, 2.05) is 49.4 Å². The molecule has 1 aromatic heterocycles. The summed E-state index contributed by atoms with van der Waals surface area (Å²) < 4.78 is 5.81. The molecule has 148 valence electrons. The van der Waals surface area contributed by atoms with E-state index in [1.54, 1.807) is 0 Å². The summed E-state index contributed by atoms with van der Waals surface area (Å²) in [5, 5.41) is 3.16. The Labute approximate surface area is 174 Å². The van der Waals surface area contributed by atoms with Crippen LogP contribution in [-0.4, -0.2) is 15.9 Å². The summed E-state index contributed by atoms with van der Waals surface area (Å²) in [6, 6.07) is 15.3. The Bertz CT molecular complexity index is 1050. The van der Waals surface area contributed by atoms with Gasteiger partial charge in [-0.15, -0.1) is 0 Å². The lowest BCUT2D eigenvalue weighted by Gasteiger charge is -2.16. The third-order valence-electron chi connectivity index (χ3n) is 4.84. The highest BCUT2D eigenvalue weighted by molar-refractivity contribution is 6.29. The van der Waals surface area contributed by atoms with E-state index in [0.29, 0.717) is 17.2 Å². The predicted molar refractivity (Wildman–Crippen MR) is 113 cm³/mol. The third-order valence-corrected chi connectivity index (χ3v) is 5.02. The molecule has 0 radical (unpaired) electrons. The van der Waals surface area contributed by atoms with Crippen LogP contribution in [0.3, 0.4) is 0 Å². The summed E-state index contributed by atoms with van der Waals surface area (Å²) in [7, 11) is 0. The summed E-state index contributed by atoms with van der Waals surface area (Å²) >= 11 is 5.86. The van der Waals surface area contributed by atoms with E-state index in [0.717, 1.165) is 5.56 Å². The number of aromatic nitrogens is 2. The molecule has 1 fully saturated rings. The molecule has 1 aliphatic carbocycles. The first-order valence-electron chi connectivity index (χ1n) is 9.45. The molecule has 3 aromatic rings. The molecule has 1 atom stereocenters. The van der Waals surface area contributed by atoms with Crippen molar-refractivity contribution in [2.45, 2.75) is 31.8 Å². The summed E-state index contributed by atoms with van der Waals surface area (Å²) in [6.45, 7) is 1.86. The van der Waals surface area contributed by atoms with Gasteiger partial charge >= 0.3 is 0 Å². The van der Waals surface area contributed by atoms with E-state index in [1.165, 1.54) is 24.6 Å². The molecular formula is C22H21ClN4O2. The minimum absolute atomic E-state index is 0.136. The molecule has 7 heteroatoms. The smallest absolute Gasteiger partial charge is 0.259 e. The Balaban J connectivity index is 1.47. The average molecular weight is 409 g/mol.